The Morgan fingerprint density at radius 3 is 2.33 bits per heavy atom. The van der Waals surface area contributed by atoms with Crippen LogP contribution in [0.25, 0.3) is 10.9 Å². The van der Waals surface area contributed by atoms with Crippen molar-refractivity contribution in [1.82, 2.24) is 14.8 Å². The second kappa shape index (κ2) is 10.7. The number of carbonyl (C=O) groups is 1. The Balaban J connectivity index is 1.96. The Morgan fingerprint density at radius 2 is 1.63 bits per heavy atom. The quantitative estimate of drug-likeness (QED) is 0.494. The largest absolute Gasteiger partial charge is 0.478 e. The first kappa shape index (κ1) is 21.8. The first-order valence-corrected chi connectivity index (χ1v) is 10.7. The maximum atomic E-state index is 13.7. The van der Waals surface area contributed by atoms with Crippen molar-refractivity contribution in [2.75, 3.05) is 32.8 Å². The van der Waals surface area contributed by atoms with Crippen molar-refractivity contribution < 1.29 is 9.53 Å². The van der Waals surface area contributed by atoms with E-state index in [9.17, 15) is 4.79 Å². The van der Waals surface area contributed by atoms with E-state index in [0.717, 1.165) is 36.1 Å². The molecular formula is C25H31N3O2. The molecule has 0 fully saturated rings. The van der Waals surface area contributed by atoms with Gasteiger partial charge in [0.2, 0.25) is 5.88 Å². The van der Waals surface area contributed by atoms with Crippen molar-refractivity contribution in [2.24, 2.45) is 0 Å². The highest BCUT2D eigenvalue weighted by atomic mass is 16.5. The minimum Gasteiger partial charge on any atom is -0.478 e. The fourth-order valence-corrected chi connectivity index (χ4v) is 3.58. The average Bonchev–Trinajstić information content (AvgIpc) is 2.79. The lowest BCUT2D eigenvalue weighted by molar-refractivity contribution is 0.0725. The van der Waals surface area contributed by atoms with E-state index < -0.39 is 0 Å². The maximum Gasteiger partial charge on any atom is 0.255 e. The Bertz CT molecular complexity index is 955. The standard InChI is InChI=1S/C25H31N3O2/c1-4-27(5-2)16-17-28(19-20-12-8-7-9-13-20)25(29)22-18-24(30-6-3)26-23-15-11-10-14-21(22)23/h7-15,18H,4-6,16-17,19H2,1-3H3. The van der Waals surface area contributed by atoms with E-state index in [4.69, 9.17) is 4.74 Å². The molecule has 0 aliphatic carbocycles. The predicted molar refractivity (Wildman–Crippen MR) is 122 cm³/mol. The van der Waals surface area contributed by atoms with Crippen LogP contribution in [0.1, 0.15) is 36.7 Å². The van der Waals surface area contributed by atoms with E-state index in [2.05, 4.69) is 35.9 Å². The Labute approximate surface area is 179 Å². The second-order valence-electron chi connectivity index (χ2n) is 7.20. The van der Waals surface area contributed by atoms with Crippen molar-refractivity contribution in [3.63, 3.8) is 0 Å². The number of aromatic nitrogens is 1. The lowest BCUT2D eigenvalue weighted by Gasteiger charge is -2.27. The highest BCUT2D eigenvalue weighted by Gasteiger charge is 2.21. The number of hydrogen-bond acceptors (Lipinski definition) is 4. The number of pyridine rings is 1. The molecule has 1 heterocycles. The van der Waals surface area contributed by atoms with Crippen molar-refractivity contribution in [3.05, 3.63) is 71.8 Å². The molecule has 0 atom stereocenters. The van der Waals surface area contributed by atoms with Crippen LogP contribution in [0.2, 0.25) is 0 Å². The zero-order valence-electron chi connectivity index (χ0n) is 18.2. The van der Waals surface area contributed by atoms with Crippen molar-refractivity contribution >= 4 is 16.8 Å². The molecule has 3 aromatic rings. The molecule has 1 aromatic heterocycles. The summed E-state index contributed by atoms with van der Waals surface area (Å²) < 4.78 is 5.65. The van der Waals surface area contributed by atoms with Gasteiger partial charge in [-0.15, -0.1) is 0 Å². The van der Waals surface area contributed by atoms with Gasteiger partial charge in [-0.3, -0.25) is 4.79 Å². The fraction of sp³-hybridized carbons (Fsp3) is 0.360. The molecule has 0 unspecified atom stereocenters. The smallest absolute Gasteiger partial charge is 0.255 e. The Kier molecular flexibility index (Phi) is 7.80. The van der Waals surface area contributed by atoms with Crippen LogP contribution in [0.3, 0.4) is 0 Å². The maximum absolute atomic E-state index is 13.7. The number of nitrogens with zero attached hydrogens (tertiary/aromatic N) is 3. The summed E-state index contributed by atoms with van der Waals surface area (Å²) in [4.78, 5) is 22.6. The number of benzene rings is 2. The third-order valence-electron chi connectivity index (χ3n) is 5.30. The monoisotopic (exact) mass is 405 g/mol. The van der Waals surface area contributed by atoms with Crippen molar-refractivity contribution in [1.29, 1.82) is 0 Å². The molecular weight excluding hydrogens is 374 g/mol. The molecule has 3 rings (SSSR count). The molecule has 0 N–H and O–H groups in total. The molecule has 0 radical (unpaired) electrons. The molecule has 0 aliphatic rings. The van der Waals surface area contributed by atoms with Crippen LogP contribution in [0.5, 0.6) is 5.88 Å². The van der Waals surface area contributed by atoms with Crippen LogP contribution >= 0.6 is 0 Å². The van der Waals surface area contributed by atoms with Gasteiger partial charge >= 0.3 is 0 Å². The van der Waals surface area contributed by atoms with E-state index >= 15 is 0 Å². The first-order chi connectivity index (χ1) is 14.7. The summed E-state index contributed by atoms with van der Waals surface area (Å²) >= 11 is 0. The van der Waals surface area contributed by atoms with Gasteiger partial charge in [0.25, 0.3) is 5.91 Å². The molecule has 30 heavy (non-hydrogen) atoms. The molecule has 5 heteroatoms. The number of ether oxygens (including phenoxy) is 1. The van der Waals surface area contributed by atoms with Gasteiger partial charge < -0.3 is 14.5 Å². The number of rotatable bonds is 10. The van der Waals surface area contributed by atoms with Gasteiger partial charge in [-0.1, -0.05) is 62.4 Å². The number of likely N-dealkylation sites (N-methyl/N-ethyl adjacent to an activating group) is 1. The molecule has 0 saturated heterocycles. The average molecular weight is 406 g/mol. The minimum atomic E-state index is 0.00515. The lowest BCUT2D eigenvalue weighted by Crippen LogP contribution is -2.38. The van der Waals surface area contributed by atoms with E-state index in [1.165, 1.54) is 0 Å². The van der Waals surface area contributed by atoms with E-state index in [-0.39, 0.29) is 5.91 Å². The SMILES string of the molecule is CCOc1cc(C(=O)N(CCN(CC)CC)Cc2ccccc2)c2ccccc2n1. The van der Waals surface area contributed by atoms with Gasteiger partial charge in [-0.05, 0) is 31.6 Å². The van der Waals surface area contributed by atoms with E-state index in [0.29, 0.717) is 31.1 Å². The van der Waals surface area contributed by atoms with Crippen LogP contribution in [0.4, 0.5) is 0 Å². The number of amides is 1. The number of carbonyl (C=O) groups excluding carboxylic acids is 1. The summed E-state index contributed by atoms with van der Waals surface area (Å²) in [6, 6.07) is 19.7. The summed E-state index contributed by atoms with van der Waals surface area (Å²) in [5.41, 5.74) is 2.53. The van der Waals surface area contributed by atoms with E-state index in [1.54, 1.807) is 6.07 Å². The molecule has 0 aliphatic heterocycles. The summed E-state index contributed by atoms with van der Waals surface area (Å²) in [5, 5.41) is 0.854. The molecule has 158 valence electrons. The van der Waals surface area contributed by atoms with Gasteiger partial charge in [0.1, 0.15) is 0 Å². The molecule has 0 saturated carbocycles. The van der Waals surface area contributed by atoms with Gasteiger partial charge in [-0.25, -0.2) is 4.98 Å². The number of para-hydroxylation sites is 1. The summed E-state index contributed by atoms with van der Waals surface area (Å²) in [6.07, 6.45) is 0. The number of fused-ring (bicyclic) bond motifs is 1. The van der Waals surface area contributed by atoms with Gasteiger partial charge in [-0.2, -0.15) is 0 Å². The predicted octanol–water partition coefficient (Wildman–Crippen LogP) is 4.62. The third-order valence-corrected chi connectivity index (χ3v) is 5.30. The van der Waals surface area contributed by atoms with Crippen molar-refractivity contribution in [3.8, 4) is 5.88 Å². The fourth-order valence-electron chi connectivity index (χ4n) is 3.58. The van der Waals surface area contributed by atoms with Crippen LogP contribution in [-0.4, -0.2) is 53.5 Å². The van der Waals surface area contributed by atoms with Crippen molar-refractivity contribution in [2.45, 2.75) is 27.3 Å². The highest BCUT2D eigenvalue weighted by Crippen LogP contribution is 2.24. The van der Waals surface area contributed by atoms with Gasteiger partial charge in [0, 0.05) is 31.1 Å². The number of hydrogen-bond donors (Lipinski definition) is 0. The Hall–Kier alpha value is -2.92. The zero-order valence-corrected chi connectivity index (χ0v) is 18.2. The van der Waals surface area contributed by atoms with Gasteiger partial charge in [0.15, 0.2) is 0 Å². The molecule has 0 bridgehead atoms. The Morgan fingerprint density at radius 1 is 0.933 bits per heavy atom. The van der Waals surface area contributed by atoms with Crippen LogP contribution in [-0.2, 0) is 6.54 Å². The van der Waals surface area contributed by atoms with Crippen LogP contribution in [0.15, 0.2) is 60.7 Å². The summed E-state index contributed by atoms with van der Waals surface area (Å²) in [6.45, 7) is 10.7. The normalized spacial score (nSPS) is 11.1. The minimum absolute atomic E-state index is 0.00515. The van der Waals surface area contributed by atoms with Crippen LogP contribution in [0, 0.1) is 0 Å². The molecule has 0 spiro atoms. The summed E-state index contributed by atoms with van der Waals surface area (Å²) in [7, 11) is 0. The highest BCUT2D eigenvalue weighted by molar-refractivity contribution is 6.06. The molecule has 2 aromatic carbocycles. The third kappa shape index (κ3) is 5.36. The van der Waals surface area contributed by atoms with Gasteiger partial charge in [0.05, 0.1) is 17.7 Å². The van der Waals surface area contributed by atoms with E-state index in [1.807, 2.05) is 54.3 Å². The second-order valence-corrected chi connectivity index (χ2v) is 7.20. The topological polar surface area (TPSA) is 45.7 Å². The van der Waals surface area contributed by atoms with Crippen LogP contribution < -0.4 is 4.74 Å². The lowest BCUT2D eigenvalue weighted by atomic mass is 10.1. The first-order valence-electron chi connectivity index (χ1n) is 10.7. The molecule has 1 amide bonds. The summed E-state index contributed by atoms with van der Waals surface area (Å²) in [5.74, 6) is 0.494. The zero-order chi connectivity index (χ0) is 21.3. The molecule has 5 nitrogen and oxygen atoms in total.